The zero-order valence-corrected chi connectivity index (χ0v) is 12.3. The molecule has 1 N–H and O–H groups in total. The Balaban J connectivity index is 2.15. The molecule has 0 aliphatic heterocycles. The van der Waals surface area contributed by atoms with Gasteiger partial charge >= 0.3 is 0 Å². The molecule has 1 aliphatic rings. The van der Waals surface area contributed by atoms with Crippen LogP contribution in [0.25, 0.3) is 0 Å². The first-order valence-electron chi connectivity index (χ1n) is 6.79. The molecule has 0 amide bonds. The van der Waals surface area contributed by atoms with E-state index in [0.29, 0.717) is 12.8 Å². The molecule has 0 bridgehead atoms. The van der Waals surface area contributed by atoms with Crippen LogP contribution >= 0.6 is 0 Å². The summed E-state index contributed by atoms with van der Waals surface area (Å²) in [7, 11) is -2.17. The summed E-state index contributed by atoms with van der Waals surface area (Å²) in [4.78, 5) is 0. The van der Waals surface area contributed by atoms with Gasteiger partial charge in [0.15, 0.2) is 0 Å². The summed E-state index contributed by atoms with van der Waals surface area (Å²) < 4.78 is 39.5. The fraction of sp³-hybridized carbons (Fsp3) is 0.571. The molecule has 0 spiro atoms. The number of halogens is 1. The second-order valence-corrected chi connectivity index (χ2v) is 7.31. The van der Waals surface area contributed by atoms with Gasteiger partial charge in [-0.2, -0.15) is 4.31 Å². The number of hydrogen-bond donors (Lipinski definition) is 1. The smallest absolute Gasteiger partial charge is 0.218 e. The van der Waals surface area contributed by atoms with Crippen molar-refractivity contribution in [2.75, 3.05) is 7.05 Å². The molecule has 1 saturated carbocycles. The molecule has 112 valence electrons. The topological polar surface area (TPSA) is 57.6 Å². The maximum Gasteiger partial charge on any atom is 0.218 e. The maximum atomic E-state index is 13.6. The number of hydrogen-bond acceptors (Lipinski definition) is 3. The first-order chi connectivity index (χ1) is 9.42. The molecule has 6 heteroatoms. The fourth-order valence-corrected chi connectivity index (χ4v) is 4.13. The number of aliphatic hydroxyl groups is 1. The van der Waals surface area contributed by atoms with Gasteiger partial charge in [0.25, 0.3) is 0 Å². The maximum absolute atomic E-state index is 13.6. The number of rotatable bonds is 4. The molecule has 0 saturated heterocycles. The highest BCUT2D eigenvalue weighted by Crippen LogP contribution is 2.25. The lowest BCUT2D eigenvalue weighted by molar-refractivity contribution is 0.0637. The zero-order valence-electron chi connectivity index (χ0n) is 11.5. The number of benzene rings is 1. The van der Waals surface area contributed by atoms with E-state index < -0.39 is 28.0 Å². The van der Waals surface area contributed by atoms with E-state index >= 15 is 0 Å². The van der Waals surface area contributed by atoms with Gasteiger partial charge in [0.2, 0.25) is 10.0 Å². The Morgan fingerprint density at radius 2 is 1.95 bits per heavy atom. The summed E-state index contributed by atoms with van der Waals surface area (Å²) >= 11 is 0. The monoisotopic (exact) mass is 301 g/mol. The summed E-state index contributed by atoms with van der Waals surface area (Å²) in [6.07, 6.45) is 2.45. The molecule has 0 radical (unpaired) electrons. The second kappa shape index (κ2) is 6.20. The van der Waals surface area contributed by atoms with Crippen LogP contribution < -0.4 is 0 Å². The Kier molecular flexibility index (Phi) is 4.78. The molecule has 1 fully saturated rings. The average molecular weight is 301 g/mol. The van der Waals surface area contributed by atoms with Gasteiger partial charge in [-0.05, 0) is 18.9 Å². The highest BCUT2D eigenvalue weighted by Gasteiger charge is 2.33. The van der Waals surface area contributed by atoms with E-state index in [-0.39, 0.29) is 11.3 Å². The van der Waals surface area contributed by atoms with Crippen molar-refractivity contribution in [3.8, 4) is 0 Å². The molecule has 0 unspecified atom stereocenters. The number of likely N-dealkylation sites (N-methyl/N-ethyl adjacent to an activating group) is 1. The summed E-state index contributed by atoms with van der Waals surface area (Å²) in [5, 5.41) is 9.94. The van der Waals surface area contributed by atoms with Gasteiger partial charge in [-0.1, -0.05) is 31.0 Å². The molecule has 1 aromatic rings. The van der Waals surface area contributed by atoms with Crippen molar-refractivity contribution < 1.29 is 17.9 Å². The predicted octanol–water partition coefficient (Wildman–Crippen LogP) is 1.89. The lowest BCUT2D eigenvalue weighted by atomic mass is 9.93. The van der Waals surface area contributed by atoms with E-state index in [0.717, 1.165) is 12.8 Å². The van der Waals surface area contributed by atoms with Gasteiger partial charge in [0.1, 0.15) is 5.82 Å². The predicted molar refractivity (Wildman–Crippen MR) is 75.0 cm³/mol. The Morgan fingerprint density at radius 3 is 2.60 bits per heavy atom. The van der Waals surface area contributed by atoms with Gasteiger partial charge < -0.3 is 5.11 Å². The molecule has 4 nitrogen and oxygen atoms in total. The van der Waals surface area contributed by atoms with Crippen LogP contribution in [-0.2, 0) is 15.8 Å². The molecule has 0 heterocycles. The Bertz CT molecular complexity index is 561. The van der Waals surface area contributed by atoms with E-state index in [1.54, 1.807) is 6.07 Å². The van der Waals surface area contributed by atoms with E-state index in [9.17, 15) is 17.9 Å². The van der Waals surface area contributed by atoms with E-state index in [1.165, 1.54) is 29.6 Å². The van der Waals surface area contributed by atoms with E-state index in [1.807, 2.05) is 0 Å². The zero-order chi connectivity index (χ0) is 14.8. The number of aliphatic hydroxyl groups excluding tert-OH is 1. The lowest BCUT2D eigenvalue weighted by Gasteiger charge is -2.34. The van der Waals surface area contributed by atoms with Crippen molar-refractivity contribution >= 4 is 10.0 Å². The van der Waals surface area contributed by atoms with Crippen LogP contribution in [0.5, 0.6) is 0 Å². The summed E-state index contributed by atoms with van der Waals surface area (Å²) in [6.45, 7) is 0. The minimum atomic E-state index is -3.64. The number of nitrogens with zero attached hydrogens (tertiary/aromatic N) is 1. The van der Waals surface area contributed by atoms with Crippen molar-refractivity contribution in [3.05, 3.63) is 35.6 Å². The van der Waals surface area contributed by atoms with E-state index in [4.69, 9.17) is 0 Å². The third kappa shape index (κ3) is 3.37. The standard InChI is InChI=1S/C14H20FNO3S/c1-16(13-8-4-5-9-14(13)17)20(18,19)10-11-6-2-3-7-12(11)15/h2-3,6-7,13-14,17H,4-5,8-10H2,1H3/t13-,14-/m1/s1. The number of sulfonamides is 1. The van der Waals surface area contributed by atoms with Gasteiger partial charge in [-0.3, -0.25) is 0 Å². The Hall–Kier alpha value is -0.980. The van der Waals surface area contributed by atoms with E-state index in [2.05, 4.69) is 0 Å². The van der Waals surface area contributed by atoms with Gasteiger partial charge in [0, 0.05) is 12.6 Å². The summed E-state index contributed by atoms with van der Waals surface area (Å²) in [5.74, 6) is -0.895. The fourth-order valence-electron chi connectivity index (χ4n) is 2.64. The SMILES string of the molecule is CN([C@@H]1CCCC[C@H]1O)S(=O)(=O)Cc1ccccc1F. The highest BCUT2D eigenvalue weighted by molar-refractivity contribution is 7.88. The Labute approximate surface area is 119 Å². The third-order valence-corrected chi connectivity index (χ3v) is 5.72. The summed E-state index contributed by atoms with van der Waals surface area (Å²) in [5.41, 5.74) is 0.157. The van der Waals surface area contributed by atoms with Crippen LogP contribution in [0.15, 0.2) is 24.3 Å². The first kappa shape index (κ1) is 15.4. The molecule has 0 aromatic heterocycles. The molecule has 20 heavy (non-hydrogen) atoms. The molecular weight excluding hydrogens is 281 g/mol. The van der Waals surface area contributed by atoms with Crippen LogP contribution in [0.4, 0.5) is 4.39 Å². The van der Waals surface area contributed by atoms with Crippen molar-refractivity contribution in [2.24, 2.45) is 0 Å². The van der Waals surface area contributed by atoms with Gasteiger partial charge in [-0.15, -0.1) is 0 Å². The molecule has 2 rings (SSSR count). The second-order valence-electron chi connectivity index (χ2n) is 5.28. The first-order valence-corrected chi connectivity index (χ1v) is 8.40. The van der Waals surface area contributed by atoms with Crippen LogP contribution in [0.2, 0.25) is 0 Å². The molecule has 1 aliphatic carbocycles. The molecular formula is C14H20FNO3S. The minimum absolute atomic E-state index is 0.157. The summed E-state index contributed by atoms with van der Waals surface area (Å²) in [6, 6.07) is 5.46. The lowest BCUT2D eigenvalue weighted by Crippen LogP contribution is -2.46. The van der Waals surface area contributed by atoms with Crippen molar-refractivity contribution in [2.45, 2.75) is 43.6 Å². The Morgan fingerprint density at radius 1 is 1.30 bits per heavy atom. The van der Waals surface area contributed by atoms with Crippen LogP contribution in [0, 0.1) is 5.82 Å². The quantitative estimate of drug-likeness (QED) is 0.924. The van der Waals surface area contributed by atoms with Crippen molar-refractivity contribution in [1.82, 2.24) is 4.31 Å². The largest absolute Gasteiger partial charge is 0.391 e. The normalized spacial score (nSPS) is 24.0. The van der Waals surface area contributed by atoms with Crippen molar-refractivity contribution in [1.29, 1.82) is 0 Å². The van der Waals surface area contributed by atoms with Gasteiger partial charge in [-0.25, -0.2) is 12.8 Å². The van der Waals surface area contributed by atoms with Crippen LogP contribution in [0.1, 0.15) is 31.2 Å². The minimum Gasteiger partial charge on any atom is -0.391 e. The van der Waals surface area contributed by atoms with Gasteiger partial charge in [0.05, 0.1) is 17.9 Å². The molecule has 2 atom stereocenters. The molecule has 1 aromatic carbocycles. The van der Waals surface area contributed by atoms with Crippen LogP contribution in [0.3, 0.4) is 0 Å². The van der Waals surface area contributed by atoms with Crippen molar-refractivity contribution in [3.63, 3.8) is 0 Å². The average Bonchev–Trinajstić information content (AvgIpc) is 2.41. The third-order valence-electron chi connectivity index (χ3n) is 3.90. The van der Waals surface area contributed by atoms with Crippen LogP contribution in [-0.4, -0.2) is 37.0 Å². The highest BCUT2D eigenvalue weighted by atomic mass is 32.2.